The number of aryl methyl sites for hydroxylation is 1. The van der Waals surface area contributed by atoms with Gasteiger partial charge in [-0.1, -0.05) is 52.3 Å². The maximum atomic E-state index is 2.33. The standard InChI is InChI=1S/C16H27NS.C2H6/c1-12-9-10-14(13(11-12)15(2,3)4)18-17(8)16(5,6)7;1-2/h9-11H,1-8H3;1-2H3. The second kappa shape index (κ2) is 7.51. The van der Waals surface area contributed by atoms with Crippen molar-refractivity contribution >= 4 is 11.9 Å². The van der Waals surface area contributed by atoms with Crippen molar-refractivity contribution in [3.8, 4) is 0 Å². The van der Waals surface area contributed by atoms with E-state index < -0.39 is 0 Å². The Kier molecular flexibility index (Phi) is 7.34. The van der Waals surface area contributed by atoms with E-state index in [0.29, 0.717) is 0 Å². The average Bonchev–Trinajstić information content (AvgIpc) is 2.31. The molecule has 0 aliphatic carbocycles. The number of rotatable bonds is 2. The van der Waals surface area contributed by atoms with Crippen LogP contribution in [0.5, 0.6) is 0 Å². The van der Waals surface area contributed by atoms with Crippen LogP contribution < -0.4 is 0 Å². The van der Waals surface area contributed by atoms with Crippen molar-refractivity contribution in [2.24, 2.45) is 0 Å². The molecule has 0 unspecified atom stereocenters. The van der Waals surface area contributed by atoms with Gasteiger partial charge in [0.1, 0.15) is 0 Å². The van der Waals surface area contributed by atoms with Crippen molar-refractivity contribution in [2.45, 2.75) is 78.2 Å². The monoisotopic (exact) mass is 295 g/mol. The van der Waals surface area contributed by atoms with E-state index in [-0.39, 0.29) is 11.0 Å². The molecule has 0 amide bonds. The van der Waals surface area contributed by atoms with Crippen LogP contribution in [0.2, 0.25) is 0 Å². The first-order chi connectivity index (χ1) is 9.01. The van der Waals surface area contributed by atoms with Gasteiger partial charge in [0.05, 0.1) is 0 Å². The van der Waals surface area contributed by atoms with E-state index in [1.165, 1.54) is 16.0 Å². The van der Waals surface area contributed by atoms with Gasteiger partial charge in [0, 0.05) is 10.4 Å². The van der Waals surface area contributed by atoms with Gasteiger partial charge in [-0.2, -0.15) is 0 Å². The van der Waals surface area contributed by atoms with Crippen LogP contribution in [0.15, 0.2) is 23.1 Å². The minimum atomic E-state index is 0.171. The van der Waals surface area contributed by atoms with Crippen molar-refractivity contribution in [1.29, 1.82) is 0 Å². The SMILES string of the molecule is CC.Cc1ccc(SN(C)C(C)(C)C)c(C(C)(C)C)c1. The lowest BCUT2D eigenvalue weighted by Crippen LogP contribution is -2.32. The first-order valence-corrected chi connectivity index (χ1v) is 8.32. The Morgan fingerprint density at radius 1 is 0.950 bits per heavy atom. The fourth-order valence-electron chi connectivity index (χ4n) is 1.59. The van der Waals surface area contributed by atoms with Crippen LogP contribution in [-0.4, -0.2) is 16.9 Å². The van der Waals surface area contributed by atoms with Gasteiger partial charge in [-0.15, -0.1) is 0 Å². The lowest BCUT2D eigenvalue weighted by molar-refractivity contribution is 0.319. The van der Waals surface area contributed by atoms with E-state index in [4.69, 9.17) is 0 Å². The molecule has 0 saturated heterocycles. The van der Waals surface area contributed by atoms with Crippen LogP contribution in [0.25, 0.3) is 0 Å². The molecule has 0 bridgehead atoms. The minimum Gasteiger partial charge on any atom is -0.244 e. The predicted molar refractivity (Wildman–Crippen MR) is 94.6 cm³/mol. The molecule has 2 heteroatoms. The third kappa shape index (κ3) is 5.88. The van der Waals surface area contributed by atoms with Gasteiger partial charge >= 0.3 is 0 Å². The van der Waals surface area contributed by atoms with Crippen LogP contribution in [0.3, 0.4) is 0 Å². The Bertz CT molecular complexity index is 410. The Morgan fingerprint density at radius 3 is 1.85 bits per heavy atom. The van der Waals surface area contributed by atoms with Crippen LogP contribution in [0.4, 0.5) is 0 Å². The Hall–Kier alpha value is -0.470. The van der Waals surface area contributed by atoms with E-state index in [1.807, 2.05) is 25.8 Å². The summed E-state index contributed by atoms with van der Waals surface area (Å²) >= 11 is 1.85. The molecule has 0 aliphatic rings. The summed E-state index contributed by atoms with van der Waals surface area (Å²) in [5.41, 5.74) is 3.13. The Balaban J connectivity index is 0.00000172. The molecule has 0 fully saturated rings. The fourth-order valence-corrected chi connectivity index (χ4v) is 2.76. The molecule has 0 saturated carbocycles. The second-order valence-electron chi connectivity index (χ2n) is 7.01. The van der Waals surface area contributed by atoms with E-state index in [0.717, 1.165) is 0 Å². The number of hydrogen-bond donors (Lipinski definition) is 0. The smallest absolute Gasteiger partial charge is 0.0267 e. The van der Waals surface area contributed by atoms with E-state index in [2.05, 4.69) is 78.0 Å². The lowest BCUT2D eigenvalue weighted by atomic mass is 9.86. The summed E-state index contributed by atoms with van der Waals surface area (Å²) in [6.07, 6.45) is 0. The second-order valence-corrected chi connectivity index (χ2v) is 8.18. The first-order valence-electron chi connectivity index (χ1n) is 7.55. The molecule has 20 heavy (non-hydrogen) atoms. The van der Waals surface area contributed by atoms with Gasteiger partial charge < -0.3 is 0 Å². The van der Waals surface area contributed by atoms with Crippen molar-refractivity contribution in [3.05, 3.63) is 29.3 Å². The summed E-state index contributed by atoms with van der Waals surface area (Å²) < 4.78 is 2.33. The van der Waals surface area contributed by atoms with E-state index >= 15 is 0 Å². The number of hydrogen-bond acceptors (Lipinski definition) is 2. The molecule has 116 valence electrons. The predicted octanol–water partition coefficient (Wildman–Crippen LogP) is 6.06. The normalized spacial score (nSPS) is 12.2. The van der Waals surface area contributed by atoms with Crippen molar-refractivity contribution in [2.75, 3.05) is 7.05 Å². The van der Waals surface area contributed by atoms with Gasteiger partial charge in [-0.05, 0) is 63.7 Å². The molecule has 0 aromatic heterocycles. The molecular weight excluding hydrogens is 262 g/mol. The van der Waals surface area contributed by atoms with Gasteiger partial charge in [-0.25, -0.2) is 4.31 Å². The largest absolute Gasteiger partial charge is 0.244 e. The fraction of sp³-hybridized carbons (Fsp3) is 0.667. The van der Waals surface area contributed by atoms with Crippen LogP contribution in [-0.2, 0) is 5.41 Å². The number of benzene rings is 1. The molecule has 0 aliphatic heterocycles. The summed E-state index contributed by atoms with van der Waals surface area (Å²) in [4.78, 5) is 1.37. The summed E-state index contributed by atoms with van der Waals surface area (Å²) in [6.45, 7) is 19.7. The van der Waals surface area contributed by atoms with Crippen molar-refractivity contribution < 1.29 is 0 Å². The highest BCUT2D eigenvalue weighted by Gasteiger charge is 2.23. The molecule has 0 atom stereocenters. The third-order valence-electron chi connectivity index (χ3n) is 3.12. The molecule has 0 heterocycles. The molecular formula is C18H33NS. The highest BCUT2D eigenvalue weighted by atomic mass is 32.2. The van der Waals surface area contributed by atoms with Gasteiger partial charge in [0.25, 0.3) is 0 Å². The quantitative estimate of drug-likeness (QED) is 0.610. The van der Waals surface area contributed by atoms with Crippen molar-refractivity contribution in [1.82, 2.24) is 4.31 Å². The molecule has 1 aromatic carbocycles. The first kappa shape index (κ1) is 19.5. The van der Waals surface area contributed by atoms with Gasteiger partial charge in [0.2, 0.25) is 0 Å². The van der Waals surface area contributed by atoms with Crippen LogP contribution in [0.1, 0.15) is 66.5 Å². The number of nitrogens with zero attached hydrogens (tertiary/aromatic N) is 1. The molecule has 1 rings (SSSR count). The zero-order valence-electron chi connectivity index (χ0n) is 15.1. The van der Waals surface area contributed by atoms with Gasteiger partial charge in [0.15, 0.2) is 0 Å². The Morgan fingerprint density at radius 2 is 1.45 bits per heavy atom. The van der Waals surface area contributed by atoms with Crippen molar-refractivity contribution in [3.63, 3.8) is 0 Å². The minimum absolute atomic E-state index is 0.171. The summed E-state index contributed by atoms with van der Waals surface area (Å²) in [5.74, 6) is 0. The highest BCUT2D eigenvalue weighted by molar-refractivity contribution is 7.97. The zero-order valence-corrected chi connectivity index (χ0v) is 15.9. The molecule has 0 radical (unpaired) electrons. The van der Waals surface area contributed by atoms with Gasteiger partial charge in [-0.3, -0.25) is 0 Å². The summed E-state index contributed by atoms with van der Waals surface area (Å²) in [6, 6.07) is 6.77. The molecule has 0 N–H and O–H groups in total. The Labute approximate surface area is 131 Å². The molecule has 1 nitrogen and oxygen atoms in total. The molecule has 1 aromatic rings. The maximum absolute atomic E-state index is 2.33. The van der Waals surface area contributed by atoms with Crippen LogP contribution in [0, 0.1) is 6.92 Å². The van der Waals surface area contributed by atoms with E-state index in [1.54, 1.807) is 0 Å². The van der Waals surface area contributed by atoms with Crippen LogP contribution >= 0.6 is 11.9 Å². The maximum Gasteiger partial charge on any atom is 0.0267 e. The summed E-state index contributed by atoms with van der Waals surface area (Å²) in [5, 5.41) is 0. The lowest BCUT2D eigenvalue weighted by Gasteiger charge is -2.32. The molecule has 0 spiro atoms. The highest BCUT2D eigenvalue weighted by Crippen LogP contribution is 2.36. The zero-order chi connectivity index (χ0) is 16.1. The summed E-state index contributed by atoms with van der Waals surface area (Å²) in [7, 11) is 2.16. The third-order valence-corrected chi connectivity index (χ3v) is 4.50. The van der Waals surface area contributed by atoms with E-state index in [9.17, 15) is 0 Å². The topological polar surface area (TPSA) is 3.24 Å². The average molecular weight is 296 g/mol.